The molecule has 3 amide bonds. The van der Waals surface area contributed by atoms with Crippen LogP contribution in [0.2, 0.25) is 0 Å². The Morgan fingerprint density at radius 2 is 1.75 bits per heavy atom. The molecule has 3 aromatic rings. The lowest BCUT2D eigenvalue weighted by Gasteiger charge is -2.12. The smallest absolute Gasteiger partial charge is 0.294 e. The van der Waals surface area contributed by atoms with Crippen LogP contribution in [0.15, 0.2) is 70.0 Å². The van der Waals surface area contributed by atoms with E-state index < -0.39 is 17.1 Å². The Balaban J connectivity index is 1.51. The highest BCUT2D eigenvalue weighted by atomic mass is 79.9. The first-order chi connectivity index (χ1) is 15.3. The molecule has 1 aliphatic rings. The van der Waals surface area contributed by atoms with E-state index in [-0.39, 0.29) is 6.54 Å². The second kappa shape index (κ2) is 9.18. The van der Waals surface area contributed by atoms with Crippen molar-refractivity contribution in [2.45, 2.75) is 13.8 Å². The second-order valence-corrected chi connectivity index (χ2v) is 9.23. The Bertz CT molecular complexity index is 1230. The van der Waals surface area contributed by atoms with Crippen molar-refractivity contribution >= 4 is 56.5 Å². The molecule has 1 saturated heterocycles. The van der Waals surface area contributed by atoms with Gasteiger partial charge in [-0.15, -0.1) is 0 Å². The predicted octanol–water partition coefficient (Wildman–Crippen LogP) is 5.53. The number of carbonyl (C=O) groups is 3. The monoisotopic (exact) mass is 509 g/mol. The minimum Gasteiger partial charge on any atom is -0.325 e. The SMILES string of the molecule is Cc1cc(/C=C2/SC(=O)N(CC(=O)Nc3ccc(Br)cc3)C2=O)c(C)n1-c1ccccc1. The second-order valence-electron chi connectivity index (χ2n) is 7.32. The average molecular weight is 510 g/mol. The number of amides is 3. The summed E-state index contributed by atoms with van der Waals surface area (Å²) in [4.78, 5) is 38.9. The van der Waals surface area contributed by atoms with Gasteiger partial charge in [0, 0.05) is 27.2 Å². The molecule has 0 atom stereocenters. The van der Waals surface area contributed by atoms with Crippen molar-refractivity contribution in [3.63, 3.8) is 0 Å². The fraction of sp³-hybridized carbons (Fsp3) is 0.125. The fourth-order valence-corrected chi connectivity index (χ4v) is 4.66. The van der Waals surface area contributed by atoms with Crippen molar-refractivity contribution < 1.29 is 14.4 Å². The number of thioether (sulfide) groups is 1. The van der Waals surface area contributed by atoms with E-state index in [1.165, 1.54) is 0 Å². The fourth-order valence-electron chi connectivity index (χ4n) is 3.56. The van der Waals surface area contributed by atoms with Crippen LogP contribution >= 0.6 is 27.7 Å². The molecule has 1 fully saturated rings. The van der Waals surface area contributed by atoms with Crippen LogP contribution in [0, 0.1) is 13.8 Å². The largest absolute Gasteiger partial charge is 0.325 e. The van der Waals surface area contributed by atoms with Crippen LogP contribution in [-0.4, -0.2) is 33.1 Å². The van der Waals surface area contributed by atoms with Crippen molar-refractivity contribution in [3.8, 4) is 5.69 Å². The summed E-state index contributed by atoms with van der Waals surface area (Å²) in [7, 11) is 0. The minimum atomic E-state index is -0.463. The summed E-state index contributed by atoms with van der Waals surface area (Å²) >= 11 is 4.19. The van der Waals surface area contributed by atoms with Gasteiger partial charge in [0.05, 0.1) is 4.91 Å². The number of benzene rings is 2. The number of nitrogens with one attached hydrogen (secondary N) is 1. The third kappa shape index (κ3) is 4.56. The summed E-state index contributed by atoms with van der Waals surface area (Å²) < 4.78 is 2.99. The maximum atomic E-state index is 12.8. The minimum absolute atomic E-state index is 0.305. The molecule has 2 aromatic carbocycles. The predicted molar refractivity (Wildman–Crippen MR) is 131 cm³/mol. The number of hydrogen-bond acceptors (Lipinski definition) is 4. The molecular formula is C24H20BrN3O3S. The van der Waals surface area contributed by atoms with Gasteiger partial charge in [-0.05, 0) is 79.7 Å². The molecule has 0 unspecified atom stereocenters. The number of halogens is 1. The number of carbonyl (C=O) groups excluding carboxylic acids is 3. The van der Waals surface area contributed by atoms with Gasteiger partial charge in [0.2, 0.25) is 5.91 Å². The van der Waals surface area contributed by atoms with E-state index in [0.717, 1.165) is 43.8 Å². The molecule has 0 spiro atoms. The molecule has 4 rings (SSSR count). The molecule has 0 saturated carbocycles. The van der Waals surface area contributed by atoms with Crippen LogP contribution in [0.1, 0.15) is 17.0 Å². The lowest BCUT2D eigenvalue weighted by Crippen LogP contribution is -2.36. The van der Waals surface area contributed by atoms with Crippen LogP contribution < -0.4 is 5.32 Å². The highest BCUT2D eigenvalue weighted by molar-refractivity contribution is 9.10. The molecular weight excluding hydrogens is 490 g/mol. The number of aryl methyl sites for hydroxylation is 1. The number of hydrogen-bond donors (Lipinski definition) is 1. The number of anilines is 1. The van der Waals surface area contributed by atoms with Gasteiger partial charge in [-0.1, -0.05) is 34.1 Å². The molecule has 32 heavy (non-hydrogen) atoms. The molecule has 162 valence electrons. The molecule has 8 heteroatoms. The Hall–Kier alpha value is -3.10. The molecule has 2 heterocycles. The Morgan fingerprint density at radius 1 is 1.06 bits per heavy atom. The molecule has 0 bridgehead atoms. The van der Waals surface area contributed by atoms with Gasteiger partial charge in [0.15, 0.2) is 0 Å². The van der Waals surface area contributed by atoms with Crippen molar-refractivity contribution in [2.24, 2.45) is 0 Å². The van der Waals surface area contributed by atoms with E-state index >= 15 is 0 Å². The van der Waals surface area contributed by atoms with Crippen LogP contribution in [0.3, 0.4) is 0 Å². The summed E-state index contributed by atoms with van der Waals surface area (Å²) in [6, 6.07) is 19.0. The molecule has 6 nitrogen and oxygen atoms in total. The highest BCUT2D eigenvalue weighted by Gasteiger charge is 2.36. The molecule has 0 radical (unpaired) electrons. The third-order valence-corrected chi connectivity index (χ3v) is 6.51. The van der Waals surface area contributed by atoms with Crippen LogP contribution in [0.25, 0.3) is 11.8 Å². The lowest BCUT2D eigenvalue weighted by atomic mass is 10.2. The highest BCUT2D eigenvalue weighted by Crippen LogP contribution is 2.33. The van der Waals surface area contributed by atoms with Crippen molar-refractivity contribution in [1.82, 2.24) is 9.47 Å². The van der Waals surface area contributed by atoms with E-state index in [1.54, 1.807) is 30.3 Å². The van der Waals surface area contributed by atoms with Crippen LogP contribution in [-0.2, 0) is 9.59 Å². The van der Waals surface area contributed by atoms with Gasteiger partial charge < -0.3 is 9.88 Å². The number of para-hydroxylation sites is 1. The summed E-state index contributed by atoms with van der Waals surface area (Å²) in [5.41, 5.74) is 4.46. The van der Waals surface area contributed by atoms with Crippen LogP contribution in [0.4, 0.5) is 10.5 Å². The van der Waals surface area contributed by atoms with Crippen molar-refractivity contribution in [2.75, 3.05) is 11.9 Å². The quantitative estimate of drug-likeness (QED) is 0.458. The van der Waals surface area contributed by atoms with E-state index in [4.69, 9.17) is 0 Å². The first-order valence-electron chi connectivity index (χ1n) is 9.88. The average Bonchev–Trinajstić information content (AvgIpc) is 3.19. The van der Waals surface area contributed by atoms with E-state index in [2.05, 4.69) is 25.8 Å². The van der Waals surface area contributed by atoms with Gasteiger partial charge in [-0.25, -0.2) is 0 Å². The first kappa shape index (κ1) is 22.1. The first-order valence-corrected chi connectivity index (χ1v) is 11.5. The standard InChI is InChI=1S/C24H20BrN3O3S/c1-15-12-17(16(2)28(15)20-6-4-3-5-7-20)13-21-23(30)27(24(31)32-21)14-22(29)26-19-10-8-18(25)9-11-19/h3-13H,14H2,1-2H3,(H,26,29)/b21-13+. The normalized spacial score (nSPS) is 15.0. The van der Waals surface area contributed by atoms with Gasteiger partial charge in [-0.3, -0.25) is 19.3 Å². The van der Waals surface area contributed by atoms with Gasteiger partial charge in [0.1, 0.15) is 6.54 Å². The van der Waals surface area contributed by atoms with Crippen molar-refractivity contribution in [3.05, 3.63) is 87.0 Å². The number of aromatic nitrogens is 1. The van der Waals surface area contributed by atoms with Gasteiger partial charge >= 0.3 is 0 Å². The maximum absolute atomic E-state index is 12.8. The van der Waals surface area contributed by atoms with Gasteiger partial charge in [0.25, 0.3) is 11.1 Å². The zero-order valence-corrected chi connectivity index (χ0v) is 19.9. The number of rotatable bonds is 5. The Labute approximate surface area is 198 Å². The maximum Gasteiger partial charge on any atom is 0.294 e. The van der Waals surface area contributed by atoms with E-state index in [9.17, 15) is 14.4 Å². The summed E-state index contributed by atoms with van der Waals surface area (Å²) in [6.45, 7) is 3.64. The number of imide groups is 1. The van der Waals surface area contributed by atoms with Crippen molar-refractivity contribution in [1.29, 1.82) is 0 Å². The summed E-state index contributed by atoms with van der Waals surface area (Å²) in [5.74, 6) is -0.895. The zero-order chi connectivity index (χ0) is 22.8. The summed E-state index contributed by atoms with van der Waals surface area (Å²) in [6.07, 6.45) is 1.72. The zero-order valence-electron chi connectivity index (χ0n) is 17.5. The Morgan fingerprint density at radius 3 is 2.44 bits per heavy atom. The molecule has 1 aromatic heterocycles. The molecule has 1 aliphatic heterocycles. The molecule has 0 aliphatic carbocycles. The topological polar surface area (TPSA) is 71.4 Å². The Kier molecular flexibility index (Phi) is 6.34. The van der Waals surface area contributed by atoms with Crippen LogP contribution in [0.5, 0.6) is 0 Å². The molecule has 1 N–H and O–H groups in total. The van der Waals surface area contributed by atoms with E-state index in [0.29, 0.717) is 10.6 Å². The summed E-state index contributed by atoms with van der Waals surface area (Å²) in [5, 5.41) is 2.25. The van der Waals surface area contributed by atoms with Gasteiger partial charge in [-0.2, -0.15) is 0 Å². The number of nitrogens with zero attached hydrogens (tertiary/aromatic N) is 2. The lowest BCUT2D eigenvalue weighted by molar-refractivity contribution is -0.127. The van der Waals surface area contributed by atoms with E-state index in [1.807, 2.05) is 50.2 Å². The third-order valence-electron chi connectivity index (χ3n) is 5.07.